The molecule has 1 aliphatic rings. The van der Waals surface area contributed by atoms with Crippen molar-refractivity contribution in [3.8, 4) is 0 Å². The second-order valence-electron chi connectivity index (χ2n) is 6.73. The molecule has 3 aromatic rings. The molecule has 0 radical (unpaired) electrons. The molecule has 0 aromatic heterocycles. The minimum atomic E-state index is -0.503. The maximum Gasteiger partial charge on any atom is 0.282 e. The Labute approximate surface area is 188 Å². The van der Waals surface area contributed by atoms with E-state index in [1.54, 1.807) is 42.5 Å². The lowest BCUT2D eigenvalue weighted by atomic mass is 10.0. The van der Waals surface area contributed by atoms with E-state index in [0.717, 1.165) is 10.5 Å². The Bertz CT molecular complexity index is 1190. The first-order valence-electron chi connectivity index (χ1n) is 9.03. The van der Waals surface area contributed by atoms with E-state index in [-0.39, 0.29) is 11.3 Å². The van der Waals surface area contributed by atoms with Gasteiger partial charge in [-0.1, -0.05) is 71.2 Å². The Hall–Kier alpha value is -2.79. The molecule has 4 nitrogen and oxygen atoms in total. The monoisotopic (exact) mass is 456 g/mol. The maximum atomic E-state index is 13.4. The van der Waals surface area contributed by atoms with Crippen LogP contribution in [0.2, 0.25) is 15.1 Å². The van der Waals surface area contributed by atoms with Gasteiger partial charge in [-0.25, -0.2) is 4.90 Å². The normalized spacial score (nSPS) is 13.9. The molecule has 1 heterocycles. The lowest BCUT2D eigenvalue weighted by Gasteiger charge is -2.16. The molecule has 0 atom stereocenters. The largest absolute Gasteiger partial charge is 0.350 e. The predicted molar refractivity (Wildman–Crippen MR) is 122 cm³/mol. The number of carbonyl (C=O) groups excluding carboxylic acids is 2. The van der Waals surface area contributed by atoms with Crippen LogP contribution in [0.4, 0.5) is 11.4 Å². The summed E-state index contributed by atoms with van der Waals surface area (Å²) in [5.74, 6) is -0.969. The molecule has 0 bridgehead atoms. The summed E-state index contributed by atoms with van der Waals surface area (Å²) in [6, 6.07) is 18.9. The van der Waals surface area contributed by atoms with Crippen molar-refractivity contribution >= 4 is 63.6 Å². The van der Waals surface area contributed by atoms with E-state index >= 15 is 0 Å². The summed E-state index contributed by atoms with van der Waals surface area (Å²) in [6.45, 7) is 1.84. The number of amides is 2. The van der Waals surface area contributed by atoms with Crippen molar-refractivity contribution in [2.24, 2.45) is 0 Å². The van der Waals surface area contributed by atoms with Gasteiger partial charge in [0.15, 0.2) is 0 Å². The summed E-state index contributed by atoms with van der Waals surface area (Å²) < 4.78 is 0. The fourth-order valence-corrected chi connectivity index (χ4v) is 3.99. The van der Waals surface area contributed by atoms with Crippen LogP contribution < -0.4 is 10.2 Å². The summed E-state index contributed by atoms with van der Waals surface area (Å²) >= 11 is 18.4. The summed E-state index contributed by atoms with van der Waals surface area (Å²) in [7, 11) is 0. The SMILES string of the molecule is Cc1c(Cl)cccc1NC1=C(c2ccccc2)C(=O)N(c2cc(Cl)cc(Cl)c2)C1=O. The van der Waals surface area contributed by atoms with Crippen molar-refractivity contribution in [3.05, 3.63) is 98.6 Å². The molecule has 4 rings (SSSR count). The third-order valence-corrected chi connectivity index (χ3v) is 5.63. The Balaban J connectivity index is 1.86. The van der Waals surface area contributed by atoms with Crippen molar-refractivity contribution < 1.29 is 9.59 Å². The highest BCUT2D eigenvalue weighted by molar-refractivity contribution is 6.47. The highest BCUT2D eigenvalue weighted by atomic mass is 35.5. The fourth-order valence-electron chi connectivity index (χ4n) is 3.30. The van der Waals surface area contributed by atoms with Crippen LogP contribution in [0.5, 0.6) is 0 Å². The molecular formula is C23H15Cl3N2O2. The Kier molecular flexibility index (Phi) is 5.56. The zero-order valence-corrected chi connectivity index (χ0v) is 18.0. The van der Waals surface area contributed by atoms with Crippen molar-refractivity contribution in [2.45, 2.75) is 6.92 Å². The molecule has 30 heavy (non-hydrogen) atoms. The van der Waals surface area contributed by atoms with Gasteiger partial charge in [0.25, 0.3) is 11.8 Å². The smallest absolute Gasteiger partial charge is 0.282 e. The van der Waals surface area contributed by atoms with Crippen molar-refractivity contribution in [2.75, 3.05) is 10.2 Å². The van der Waals surface area contributed by atoms with E-state index in [2.05, 4.69) is 5.32 Å². The molecule has 150 valence electrons. The molecule has 0 saturated carbocycles. The summed E-state index contributed by atoms with van der Waals surface area (Å²) in [5.41, 5.74) is 2.74. The molecule has 0 spiro atoms. The fraction of sp³-hybridized carbons (Fsp3) is 0.0435. The number of carbonyl (C=O) groups is 2. The standard InChI is InChI=1S/C23H15Cl3N2O2/c1-13-18(26)8-5-9-19(13)27-21-20(14-6-3-2-4-7-14)22(29)28(23(21)30)17-11-15(24)10-16(25)12-17/h2-12,27H,1H3. The minimum Gasteiger partial charge on any atom is -0.350 e. The lowest BCUT2D eigenvalue weighted by molar-refractivity contribution is -0.120. The second-order valence-corrected chi connectivity index (χ2v) is 8.01. The minimum absolute atomic E-state index is 0.160. The molecule has 1 aliphatic heterocycles. The van der Waals surface area contributed by atoms with Crippen LogP contribution >= 0.6 is 34.8 Å². The van der Waals surface area contributed by atoms with E-state index < -0.39 is 11.8 Å². The van der Waals surface area contributed by atoms with E-state index in [9.17, 15) is 9.59 Å². The summed E-state index contributed by atoms with van der Waals surface area (Å²) in [4.78, 5) is 27.8. The number of anilines is 2. The van der Waals surface area contributed by atoms with E-state index in [1.807, 2.05) is 13.0 Å². The van der Waals surface area contributed by atoms with Crippen molar-refractivity contribution in [3.63, 3.8) is 0 Å². The first-order chi connectivity index (χ1) is 14.4. The van der Waals surface area contributed by atoms with Gasteiger partial charge in [-0.05, 0) is 48.4 Å². The molecule has 3 aromatic carbocycles. The first-order valence-corrected chi connectivity index (χ1v) is 10.2. The highest BCUT2D eigenvalue weighted by Gasteiger charge is 2.40. The van der Waals surface area contributed by atoms with E-state index in [1.165, 1.54) is 18.2 Å². The number of nitrogens with one attached hydrogen (secondary N) is 1. The molecule has 0 saturated heterocycles. The summed E-state index contributed by atoms with van der Waals surface area (Å²) in [5, 5.41) is 4.33. The molecule has 0 fully saturated rings. The number of imide groups is 1. The van der Waals surface area contributed by atoms with Gasteiger partial charge in [0.1, 0.15) is 5.70 Å². The number of nitrogens with zero attached hydrogens (tertiary/aromatic N) is 1. The number of benzene rings is 3. The highest BCUT2D eigenvalue weighted by Crippen LogP contribution is 2.36. The van der Waals surface area contributed by atoms with E-state index in [4.69, 9.17) is 34.8 Å². The number of rotatable bonds is 4. The number of hydrogen-bond acceptors (Lipinski definition) is 3. The Morgan fingerprint density at radius 1 is 0.800 bits per heavy atom. The molecule has 0 unspecified atom stereocenters. The topological polar surface area (TPSA) is 49.4 Å². The number of hydrogen-bond donors (Lipinski definition) is 1. The van der Waals surface area contributed by atoms with Crippen LogP contribution in [-0.2, 0) is 9.59 Å². The van der Waals surface area contributed by atoms with Gasteiger partial charge in [-0.2, -0.15) is 0 Å². The molecule has 1 N–H and O–H groups in total. The molecule has 2 amide bonds. The average molecular weight is 458 g/mol. The Morgan fingerprint density at radius 2 is 1.47 bits per heavy atom. The third kappa shape index (κ3) is 3.70. The number of halogens is 3. The average Bonchev–Trinajstić information content (AvgIpc) is 2.95. The summed E-state index contributed by atoms with van der Waals surface area (Å²) in [6.07, 6.45) is 0. The second kappa shape index (κ2) is 8.15. The molecule has 7 heteroatoms. The zero-order valence-electron chi connectivity index (χ0n) is 15.7. The first kappa shape index (κ1) is 20.5. The van der Waals surface area contributed by atoms with Crippen LogP contribution in [-0.4, -0.2) is 11.8 Å². The van der Waals surface area contributed by atoms with Gasteiger partial charge in [0.05, 0.1) is 11.3 Å². The lowest BCUT2D eigenvalue weighted by Crippen LogP contribution is -2.32. The van der Waals surface area contributed by atoms with Crippen LogP contribution in [0.25, 0.3) is 5.57 Å². The van der Waals surface area contributed by atoms with E-state index in [0.29, 0.717) is 32.0 Å². The molecule has 0 aliphatic carbocycles. The van der Waals surface area contributed by atoms with Gasteiger partial charge in [-0.15, -0.1) is 0 Å². The van der Waals surface area contributed by atoms with Crippen LogP contribution in [0.3, 0.4) is 0 Å². The van der Waals surface area contributed by atoms with Crippen molar-refractivity contribution in [1.82, 2.24) is 0 Å². The van der Waals surface area contributed by atoms with Crippen LogP contribution in [0.15, 0.2) is 72.4 Å². The maximum absolute atomic E-state index is 13.4. The van der Waals surface area contributed by atoms with Crippen LogP contribution in [0, 0.1) is 6.92 Å². The van der Waals surface area contributed by atoms with Gasteiger partial charge in [-0.3, -0.25) is 9.59 Å². The van der Waals surface area contributed by atoms with Gasteiger partial charge < -0.3 is 5.32 Å². The molecular weight excluding hydrogens is 443 g/mol. The van der Waals surface area contributed by atoms with Crippen molar-refractivity contribution in [1.29, 1.82) is 0 Å². The van der Waals surface area contributed by atoms with Gasteiger partial charge >= 0.3 is 0 Å². The zero-order chi connectivity index (χ0) is 21.4. The van der Waals surface area contributed by atoms with Gasteiger partial charge in [0, 0.05) is 20.8 Å². The van der Waals surface area contributed by atoms with Gasteiger partial charge in [0.2, 0.25) is 0 Å². The predicted octanol–water partition coefficient (Wildman–Crippen LogP) is 6.35. The quantitative estimate of drug-likeness (QED) is 0.464. The van der Waals surface area contributed by atoms with Crippen LogP contribution in [0.1, 0.15) is 11.1 Å². The Morgan fingerprint density at radius 3 is 2.13 bits per heavy atom. The third-order valence-electron chi connectivity index (χ3n) is 4.78.